The van der Waals surface area contributed by atoms with Gasteiger partial charge in [0.1, 0.15) is 5.15 Å². The maximum absolute atomic E-state index is 12.8. The summed E-state index contributed by atoms with van der Waals surface area (Å²) >= 11 is 5.64. The number of aromatic nitrogens is 1. The highest BCUT2D eigenvalue weighted by molar-refractivity contribution is 6.29. The number of nitrogens with one attached hydrogen (secondary N) is 2. The average molecular weight is 316 g/mol. The number of hydrogen-bond donors (Lipinski definition) is 2. The topological polar surface area (TPSA) is 54.0 Å². The Bertz CT molecular complexity index is 661. The molecule has 2 amide bonds. The number of carbonyl (C=O) groups is 1. The third kappa shape index (κ3) is 4.09. The van der Waals surface area contributed by atoms with E-state index < -0.39 is 17.8 Å². The van der Waals surface area contributed by atoms with E-state index in [1.807, 2.05) is 0 Å². The van der Waals surface area contributed by atoms with Crippen LogP contribution in [-0.2, 0) is 6.18 Å². The van der Waals surface area contributed by atoms with E-state index in [0.717, 1.165) is 6.07 Å². The van der Waals surface area contributed by atoms with Crippen molar-refractivity contribution in [2.45, 2.75) is 6.18 Å². The number of alkyl halides is 3. The highest BCUT2D eigenvalue weighted by Gasteiger charge is 2.33. The van der Waals surface area contributed by atoms with Crippen molar-refractivity contribution in [2.24, 2.45) is 0 Å². The zero-order valence-electron chi connectivity index (χ0n) is 10.4. The van der Waals surface area contributed by atoms with Crippen molar-refractivity contribution < 1.29 is 18.0 Å². The van der Waals surface area contributed by atoms with Gasteiger partial charge in [-0.05, 0) is 24.3 Å². The molecule has 0 saturated carbocycles. The Morgan fingerprint density at radius 1 is 1.14 bits per heavy atom. The predicted octanol–water partition coefficient (Wildman–Crippen LogP) is 4.40. The minimum atomic E-state index is -4.55. The van der Waals surface area contributed by atoms with Crippen molar-refractivity contribution in [2.75, 3.05) is 10.6 Å². The Morgan fingerprint density at radius 2 is 1.86 bits per heavy atom. The first-order chi connectivity index (χ1) is 9.86. The van der Waals surface area contributed by atoms with Crippen molar-refractivity contribution in [1.82, 2.24) is 4.98 Å². The molecule has 1 aromatic heterocycles. The Kier molecular flexibility index (Phi) is 4.32. The third-order valence-electron chi connectivity index (χ3n) is 2.47. The van der Waals surface area contributed by atoms with E-state index in [9.17, 15) is 18.0 Å². The number of rotatable bonds is 2. The molecule has 2 rings (SSSR count). The van der Waals surface area contributed by atoms with Gasteiger partial charge in [-0.1, -0.05) is 23.7 Å². The first-order valence-corrected chi connectivity index (χ1v) is 6.10. The summed E-state index contributed by atoms with van der Waals surface area (Å²) in [5.41, 5.74) is -0.937. The van der Waals surface area contributed by atoms with Crippen LogP contribution < -0.4 is 10.6 Å². The van der Waals surface area contributed by atoms with E-state index in [1.54, 1.807) is 0 Å². The standard InChI is InChI=1S/C13H9ClF3N3O/c14-11-7-8(5-6-18-11)19-12(21)20-10-4-2-1-3-9(10)13(15,16)17/h1-7H,(H2,18,19,20,21). The van der Waals surface area contributed by atoms with Gasteiger partial charge in [0, 0.05) is 11.9 Å². The van der Waals surface area contributed by atoms with E-state index in [4.69, 9.17) is 11.6 Å². The number of carbonyl (C=O) groups excluding carboxylic acids is 1. The largest absolute Gasteiger partial charge is 0.418 e. The summed E-state index contributed by atoms with van der Waals surface area (Å²) in [7, 11) is 0. The highest BCUT2D eigenvalue weighted by Crippen LogP contribution is 2.34. The van der Waals surface area contributed by atoms with E-state index >= 15 is 0 Å². The van der Waals surface area contributed by atoms with Gasteiger partial charge >= 0.3 is 12.2 Å². The van der Waals surface area contributed by atoms with E-state index in [2.05, 4.69) is 15.6 Å². The molecule has 2 N–H and O–H groups in total. The number of benzene rings is 1. The van der Waals surface area contributed by atoms with E-state index in [0.29, 0.717) is 5.69 Å². The molecule has 110 valence electrons. The zero-order valence-corrected chi connectivity index (χ0v) is 11.2. The van der Waals surface area contributed by atoms with Crippen molar-refractivity contribution in [1.29, 1.82) is 0 Å². The minimum Gasteiger partial charge on any atom is -0.308 e. The summed E-state index contributed by atoms with van der Waals surface area (Å²) in [6.45, 7) is 0. The van der Waals surface area contributed by atoms with Crippen LogP contribution in [0.25, 0.3) is 0 Å². The van der Waals surface area contributed by atoms with Crippen molar-refractivity contribution in [3.63, 3.8) is 0 Å². The number of hydrogen-bond acceptors (Lipinski definition) is 2. The normalized spacial score (nSPS) is 11.0. The van der Waals surface area contributed by atoms with Crippen LogP contribution in [0.4, 0.5) is 29.3 Å². The second-order valence-electron chi connectivity index (χ2n) is 3.99. The fraction of sp³-hybridized carbons (Fsp3) is 0.0769. The van der Waals surface area contributed by atoms with Crippen LogP contribution >= 0.6 is 11.6 Å². The van der Waals surface area contributed by atoms with Gasteiger partial charge in [-0.15, -0.1) is 0 Å². The number of urea groups is 1. The summed E-state index contributed by atoms with van der Waals surface area (Å²) in [5.74, 6) is 0. The van der Waals surface area contributed by atoms with Crippen LogP contribution in [0.3, 0.4) is 0 Å². The maximum Gasteiger partial charge on any atom is 0.418 e. The summed E-state index contributed by atoms with van der Waals surface area (Å²) in [6.07, 6.45) is -3.19. The number of para-hydroxylation sites is 1. The molecule has 2 aromatic rings. The summed E-state index contributed by atoms with van der Waals surface area (Å²) in [4.78, 5) is 15.4. The Labute approximate surface area is 122 Å². The Morgan fingerprint density at radius 3 is 2.52 bits per heavy atom. The molecule has 0 atom stereocenters. The van der Waals surface area contributed by atoms with Crippen molar-refractivity contribution in [3.8, 4) is 0 Å². The zero-order chi connectivity index (χ0) is 15.5. The summed E-state index contributed by atoms with van der Waals surface area (Å²) < 4.78 is 38.3. The summed E-state index contributed by atoms with van der Waals surface area (Å²) in [6, 6.07) is 6.72. The fourth-order valence-electron chi connectivity index (χ4n) is 1.60. The lowest BCUT2D eigenvalue weighted by atomic mass is 10.1. The van der Waals surface area contributed by atoms with Gasteiger partial charge in [-0.25, -0.2) is 9.78 Å². The molecular formula is C13H9ClF3N3O. The van der Waals surface area contributed by atoms with Crippen LogP contribution in [0, 0.1) is 0 Å². The molecule has 0 fully saturated rings. The predicted molar refractivity (Wildman–Crippen MR) is 73.3 cm³/mol. The lowest BCUT2D eigenvalue weighted by molar-refractivity contribution is -0.136. The number of halogens is 4. The van der Waals surface area contributed by atoms with E-state index in [1.165, 1.54) is 36.5 Å². The highest BCUT2D eigenvalue weighted by atomic mass is 35.5. The first-order valence-electron chi connectivity index (χ1n) is 5.72. The summed E-state index contributed by atoms with van der Waals surface area (Å²) in [5, 5.41) is 4.68. The fourth-order valence-corrected chi connectivity index (χ4v) is 1.78. The Hall–Kier alpha value is -2.28. The Balaban J connectivity index is 2.14. The molecule has 0 saturated heterocycles. The molecule has 0 radical (unpaired) electrons. The van der Waals surface area contributed by atoms with Crippen molar-refractivity contribution in [3.05, 3.63) is 53.3 Å². The number of amides is 2. The third-order valence-corrected chi connectivity index (χ3v) is 2.67. The van der Waals surface area contributed by atoms with Crippen LogP contribution in [0.15, 0.2) is 42.6 Å². The molecular weight excluding hydrogens is 307 g/mol. The second kappa shape index (κ2) is 6.01. The maximum atomic E-state index is 12.8. The lowest BCUT2D eigenvalue weighted by Gasteiger charge is -2.14. The van der Waals surface area contributed by atoms with Gasteiger partial charge in [0.2, 0.25) is 0 Å². The number of anilines is 2. The molecule has 1 aromatic carbocycles. The van der Waals surface area contributed by atoms with Crippen LogP contribution in [0.2, 0.25) is 5.15 Å². The molecule has 0 bridgehead atoms. The SMILES string of the molecule is O=C(Nc1ccnc(Cl)c1)Nc1ccccc1C(F)(F)F. The van der Waals surface area contributed by atoms with Gasteiger partial charge in [-0.2, -0.15) is 13.2 Å². The lowest BCUT2D eigenvalue weighted by Crippen LogP contribution is -2.21. The molecule has 0 aliphatic heterocycles. The van der Waals surface area contributed by atoms with E-state index in [-0.39, 0.29) is 10.8 Å². The van der Waals surface area contributed by atoms with Gasteiger partial charge in [0.15, 0.2) is 0 Å². The second-order valence-corrected chi connectivity index (χ2v) is 4.38. The van der Waals surface area contributed by atoms with Gasteiger partial charge in [0.25, 0.3) is 0 Å². The molecule has 0 unspecified atom stereocenters. The monoisotopic (exact) mass is 315 g/mol. The van der Waals surface area contributed by atoms with Crippen molar-refractivity contribution >= 4 is 29.0 Å². The quantitative estimate of drug-likeness (QED) is 0.807. The molecule has 4 nitrogen and oxygen atoms in total. The van der Waals surface area contributed by atoms with Crippen LogP contribution in [-0.4, -0.2) is 11.0 Å². The molecule has 0 aliphatic carbocycles. The molecule has 21 heavy (non-hydrogen) atoms. The number of nitrogens with zero attached hydrogens (tertiary/aromatic N) is 1. The molecule has 0 spiro atoms. The van der Waals surface area contributed by atoms with Gasteiger partial charge in [-0.3, -0.25) is 0 Å². The smallest absolute Gasteiger partial charge is 0.308 e. The molecule has 1 heterocycles. The average Bonchev–Trinajstić information content (AvgIpc) is 2.37. The first kappa shape index (κ1) is 15.1. The molecule has 0 aliphatic rings. The minimum absolute atomic E-state index is 0.156. The van der Waals surface area contributed by atoms with Crippen LogP contribution in [0.1, 0.15) is 5.56 Å². The molecule has 8 heteroatoms. The van der Waals surface area contributed by atoms with Crippen LogP contribution in [0.5, 0.6) is 0 Å². The van der Waals surface area contributed by atoms with Gasteiger partial charge < -0.3 is 10.6 Å². The van der Waals surface area contributed by atoms with Gasteiger partial charge in [0.05, 0.1) is 11.3 Å². The number of pyridine rings is 1.